The van der Waals surface area contributed by atoms with E-state index in [1.165, 1.54) is 12.3 Å². The van der Waals surface area contributed by atoms with E-state index in [0.29, 0.717) is 17.8 Å². The van der Waals surface area contributed by atoms with Crippen molar-refractivity contribution in [2.45, 2.75) is 27.2 Å². The lowest BCUT2D eigenvalue weighted by Crippen LogP contribution is -2.34. The molecule has 0 spiro atoms. The number of nitrogens with one attached hydrogen (secondary N) is 1. The topological polar surface area (TPSA) is 105 Å². The number of aromatic nitrogens is 1. The molecule has 0 bridgehead atoms. The van der Waals surface area contributed by atoms with E-state index in [-0.39, 0.29) is 12.2 Å². The number of carboxylic acid groups (broad SMARTS) is 1. The smallest absolute Gasteiger partial charge is 0.311 e. The average molecular weight is 267 g/mol. The Hall–Kier alpha value is -2.18. The van der Waals surface area contributed by atoms with Crippen LogP contribution in [-0.4, -0.2) is 27.5 Å². The van der Waals surface area contributed by atoms with Gasteiger partial charge < -0.3 is 10.4 Å². The Morgan fingerprint density at radius 3 is 2.68 bits per heavy atom. The Labute approximate surface area is 110 Å². The van der Waals surface area contributed by atoms with E-state index in [1.807, 2.05) is 0 Å². The minimum absolute atomic E-state index is 0.0537. The lowest BCUT2D eigenvalue weighted by Gasteiger charge is -2.23. The van der Waals surface area contributed by atoms with Crippen molar-refractivity contribution in [3.05, 3.63) is 27.9 Å². The molecule has 1 aromatic heterocycles. The van der Waals surface area contributed by atoms with Crippen molar-refractivity contribution in [3.63, 3.8) is 0 Å². The summed E-state index contributed by atoms with van der Waals surface area (Å²) in [5.74, 6) is -0.454. The number of carboxylic acids is 1. The molecule has 0 aliphatic rings. The van der Waals surface area contributed by atoms with Gasteiger partial charge in [0.05, 0.1) is 10.3 Å². The number of aliphatic carboxylic acids is 1. The number of pyridine rings is 1. The van der Waals surface area contributed by atoms with Crippen molar-refractivity contribution < 1.29 is 14.8 Å². The molecule has 0 fully saturated rings. The molecule has 1 aromatic rings. The van der Waals surface area contributed by atoms with E-state index >= 15 is 0 Å². The van der Waals surface area contributed by atoms with Crippen LogP contribution >= 0.6 is 0 Å². The van der Waals surface area contributed by atoms with Gasteiger partial charge in [0, 0.05) is 12.1 Å². The summed E-state index contributed by atoms with van der Waals surface area (Å²) in [5.41, 5.74) is -0.463. The van der Waals surface area contributed by atoms with Gasteiger partial charge in [-0.25, -0.2) is 4.98 Å². The molecular formula is C12H17N3O4. The Morgan fingerprint density at radius 2 is 2.26 bits per heavy atom. The van der Waals surface area contributed by atoms with E-state index in [1.54, 1.807) is 20.8 Å². The molecule has 0 aliphatic carbocycles. The van der Waals surface area contributed by atoms with Gasteiger partial charge in [0.1, 0.15) is 12.0 Å². The number of nitrogens with zero attached hydrogens (tertiary/aromatic N) is 2. The molecule has 0 saturated carbocycles. The Morgan fingerprint density at radius 1 is 1.63 bits per heavy atom. The molecule has 0 aliphatic heterocycles. The molecule has 1 heterocycles. The van der Waals surface area contributed by atoms with Crippen molar-refractivity contribution in [1.82, 2.24) is 4.98 Å². The quantitative estimate of drug-likeness (QED) is 0.604. The maximum atomic E-state index is 11.1. The molecule has 19 heavy (non-hydrogen) atoms. The first-order valence-electron chi connectivity index (χ1n) is 5.88. The minimum atomic E-state index is -0.892. The highest BCUT2D eigenvalue weighted by Crippen LogP contribution is 2.23. The molecule has 1 rings (SSSR count). The van der Waals surface area contributed by atoms with E-state index in [9.17, 15) is 14.9 Å². The van der Waals surface area contributed by atoms with E-state index < -0.39 is 16.3 Å². The predicted octanol–water partition coefficient (Wildman–Crippen LogP) is 2.21. The van der Waals surface area contributed by atoms with Crippen molar-refractivity contribution in [2.24, 2.45) is 5.41 Å². The molecular weight excluding hydrogens is 250 g/mol. The highest BCUT2D eigenvalue weighted by molar-refractivity contribution is 5.74. The maximum Gasteiger partial charge on any atom is 0.311 e. The lowest BCUT2D eigenvalue weighted by atomic mass is 9.88. The second kappa shape index (κ2) is 5.64. The molecule has 1 unspecified atom stereocenters. The number of hydrogen-bond donors (Lipinski definition) is 2. The molecule has 0 radical (unpaired) electrons. The van der Waals surface area contributed by atoms with Crippen LogP contribution in [0.15, 0.2) is 12.3 Å². The first-order chi connectivity index (χ1) is 8.80. The van der Waals surface area contributed by atoms with Crippen LogP contribution in [0.1, 0.15) is 25.8 Å². The van der Waals surface area contributed by atoms with Gasteiger partial charge in [0.15, 0.2) is 0 Å². The molecule has 0 amide bonds. The van der Waals surface area contributed by atoms with Gasteiger partial charge in [-0.2, -0.15) is 0 Å². The number of nitro groups is 1. The van der Waals surface area contributed by atoms with E-state index in [4.69, 9.17) is 5.11 Å². The normalized spacial score (nSPS) is 13.6. The molecule has 0 aromatic carbocycles. The van der Waals surface area contributed by atoms with Crippen molar-refractivity contribution in [3.8, 4) is 0 Å². The summed E-state index contributed by atoms with van der Waals surface area (Å²) < 4.78 is 0. The number of rotatable bonds is 6. The summed E-state index contributed by atoms with van der Waals surface area (Å²) in [7, 11) is 0. The zero-order valence-corrected chi connectivity index (χ0v) is 11.1. The second-order valence-electron chi connectivity index (χ2n) is 4.69. The standard InChI is InChI=1S/C12H17N3O4/c1-4-12(3,11(16)17)7-14-10-5-8(2)9(6-13-10)15(18)19/h5-6H,4,7H2,1-3H3,(H,13,14)(H,16,17). The second-order valence-corrected chi connectivity index (χ2v) is 4.69. The van der Waals surface area contributed by atoms with Crippen LogP contribution in [0.4, 0.5) is 11.5 Å². The van der Waals surface area contributed by atoms with Crippen molar-refractivity contribution in [2.75, 3.05) is 11.9 Å². The SMILES string of the molecule is CCC(C)(CNc1cc(C)c([N+](=O)[O-])cn1)C(=O)O. The van der Waals surface area contributed by atoms with Crippen LogP contribution in [0.3, 0.4) is 0 Å². The molecule has 104 valence electrons. The average Bonchev–Trinajstić information content (AvgIpc) is 2.35. The third-order valence-corrected chi connectivity index (χ3v) is 3.24. The van der Waals surface area contributed by atoms with Gasteiger partial charge in [0.2, 0.25) is 0 Å². The summed E-state index contributed by atoms with van der Waals surface area (Å²) in [4.78, 5) is 25.2. The van der Waals surface area contributed by atoms with Crippen LogP contribution in [-0.2, 0) is 4.79 Å². The third-order valence-electron chi connectivity index (χ3n) is 3.24. The molecule has 7 heteroatoms. The fourth-order valence-electron chi connectivity index (χ4n) is 1.47. The van der Waals surface area contributed by atoms with Crippen molar-refractivity contribution >= 4 is 17.5 Å². The van der Waals surface area contributed by atoms with Gasteiger partial charge >= 0.3 is 5.97 Å². The predicted molar refractivity (Wildman–Crippen MR) is 70.2 cm³/mol. The monoisotopic (exact) mass is 267 g/mol. The summed E-state index contributed by atoms with van der Waals surface area (Å²) in [6.07, 6.45) is 1.64. The molecule has 7 nitrogen and oxygen atoms in total. The Kier molecular flexibility index (Phi) is 4.42. The van der Waals surface area contributed by atoms with E-state index in [0.717, 1.165) is 0 Å². The summed E-state index contributed by atoms with van der Waals surface area (Å²) in [5, 5.41) is 22.7. The maximum absolute atomic E-state index is 11.1. The molecule has 1 atom stereocenters. The summed E-state index contributed by atoms with van der Waals surface area (Å²) in [6, 6.07) is 1.54. The highest BCUT2D eigenvalue weighted by Gasteiger charge is 2.30. The third kappa shape index (κ3) is 3.40. The zero-order valence-electron chi connectivity index (χ0n) is 11.1. The first kappa shape index (κ1) is 14.9. The molecule has 0 saturated heterocycles. The molecule has 2 N–H and O–H groups in total. The van der Waals surface area contributed by atoms with Crippen LogP contribution < -0.4 is 5.32 Å². The van der Waals surface area contributed by atoms with Gasteiger partial charge in [-0.3, -0.25) is 14.9 Å². The van der Waals surface area contributed by atoms with Crippen molar-refractivity contribution in [1.29, 1.82) is 0 Å². The van der Waals surface area contributed by atoms with Crippen LogP contribution in [0.25, 0.3) is 0 Å². The summed E-state index contributed by atoms with van der Waals surface area (Å²) >= 11 is 0. The fraction of sp³-hybridized carbons (Fsp3) is 0.500. The van der Waals surface area contributed by atoms with Crippen LogP contribution in [0.5, 0.6) is 0 Å². The van der Waals surface area contributed by atoms with Gasteiger partial charge in [-0.1, -0.05) is 6.92 Å². The number of hydrogen-bond acceptors (Lipinski definition) is 5. The number of carbonyl (C=O) groups is 1. The Balaban J connectivity index is 2.82. The minimum Gasteiger partial charge on any atom is -0.481 e. The number of aryl methyl sites for hydroxylation is 1. The first-order valence-corrected chi connectivity index (χ1v) is 5.88. The Bertz CT molecular complexity index is 504. The lowest BCUT2D eigenvalue weighted by molar-refractivity contribution is -0.385. The van der Waals surface area contributed by atoms with Crippen LogP contribution in [0, 0.1) is 22.5 Å². The van der Waals surface area contributed by atoms with Gasteiger partial charge in [-0.15, -0.1) is 0 Å². The van der Waals surface area contributed by atoms with Crippen LogP contribution in [0.2, 0.25) is 0 Å². The largest absolute Gasteiger partial charge is 0.481 e. The van der Waals surface area contributed by atoms with Gasteiger partial charge in [-0.05, 0) is 26.3 Å². The van der Waals surface area contributed by atoms with Gasteiger partial charge in [0.25, 0.3) is 5.69 Å². The highest BCUT2D eigenvalue weighted by atomic mass is 16.6. The fourth-order valence-corrected chi connectivity index (χ4v) is 1.47. The zero-order chi connectivity index (χ0) is 14.6. The van der Waals surface area contributed by atoms with E-state index in [2.05, 4.69) is 10.3 Å². The summed E-state index contributed by atoms with van der Waals surface area (Å²) in [6.45, 7) is 5.26. The number of anilines is 1.